The number of nitrogens with two attached hydrogens (primary N) is 1. The van der Waals surface area contributed by atoms with Gasteiger partial charge in [-0.3, -0.25) is 0 Å². The predicted octanol–water partition coefficient (Wildman–Crippen LogP) is 3.00. The summed E-state index contributed by atoms with van der Waals surface area (Å²) in [6.45, 7) is 3.73. The van der Waals surface area contributed by atoms with Crippen molar-refractivity contribution in [2.45, 2.75) is 13.8 Å². The third-order valence-corrected chi connectivity index (χ3v) is 2.80. The van der Waals surface area contributed by atoms with Crippen molar-refractivity contribution >= 4 is 17.4 Å². The molecule has 1 aromatic heterocycles. The highest BCUT2D eigenvalue weighted by Gasteiger charge is 2.12. The average molecular weight is 264 g/mol. The molecular formula is C13H14ClN3O. The van der Waals surface area contributed by atoms with Gasteiger partial charge in [0.15, 0.2) is 0 Å². The molecule has 4 nitrogen and oxygen atoms in total. The lowest BCUT2D eigenvalue weighted by Crippen LogP contribution is -1.99. The van der Waals surface area contributed by atoms with Crippen LogP contribution in [0, 0.1) is 13.8 Å². The Kier molecular flexibility index (Phi) is 3.39. The van der Waals surface area contributed by atoms with Gasteiger partial charge in [0.05, 0.1) is 12.8 Å². The molecule has 0 atom stereocenters. The second-order valence-electron chi connectivity index (χ2n) is 4.03. The van der Waals surface area contributed by atoms with Gasteiger partial charge in [-0.1, -0.05) is 11.6 Å². The maximum Gasteiger partial charge on any atom is 0.131 e. The fraction of sp³-hybridized carbons (Fsp3) is 0.231. The lowest BCUT2D eigenvalue weighted by molar-refractivity contribution is 0.413. The van der Waals surface area contributed by atoms with E-state index in [4.69, 9.17) is 22.1 Å². The van der Waals surface area contributed by atoms with Gasteiger partial charge < -0.3 is 10.5 Å². The Labute approximate surface area is 111 Å². The first-order valence-corrected chi connectivity index (χ1v) is 5.84. The zero-order valence-electron chi connectivity index (χ0n) is 10.5. The summed E-state index contributed by atoms with van der Waals surface area (Å²) in [6, 6.07) is 5.37. The first kappa shape index (κ1) is 12.6. The van der Waals surface area contributed by atoms with Crippen LogP contribution in [0.3, 0.4) is 0 Å². The lowest BCUT2D eigenvalue weighted by Gasteiger charge is -2.12. The second kappa shape index (κ2) is 4.82. The number of anilines is 1. The van der Waals surface area contributed by atoms with E-state index in [9.17, 15) is 0 Å². The molecule has 18 heavy (non-hydrogen) atoms. The molecule has 2 rings (SSSR count). The summed E-state index contributed by atoms with van der Waals surface area (Å²) >= 11 is 6.08. The van der Waals surface area contributed by atoms with E-state index >= 15 is 0 Å². The van der Waals surface area contributed by atoms with Gasteiger partial charge in [0.2, 0.25) is 0 Å². The number of ether oxygens (including phenoxy) is 1. The molecule has 0 aliphatic heterocycles. The van der Waals surface area contributed by atoms with Crippen molar-refractivity contribution < 1.29 is 4.74 Å². The Hall–Kier alpha value is -1.81. The van der Waals surface area contributed by atoms with Gasteiger partial charge >= 0.3 is 0 Å². The minimum atomic E-state index is 0.428. The molecule has 94 valence electrons. The van der Waals surface area contributed by atoms with Crippen LogP contribution in [0.4, 0.5) is 5.82 Å². The number of hydrogen-bond donors (Lipinski definition) is 1. The van der Waals surface area contributed by atoms with Crippen LogP contribution >= 0.6 is 11.6 Å². The maximum atomic E-state index is 6.08. The van der Waals surface area contributed by atoms with E-state index < -0.39 is 0 Å². The summed E-state index contributed by atoms with van der Waals surface area (Å²) in [7, 11) is 1.62. The number of aryl methyl sites for hydroxylation is 2. The van der Waals surface area contributed by atoms with Gasteiger partial charge in [0.25, 0.3) is 0 Å². The normalized spacial score (nSPS) is 10.4. The number of methoxy groups -OCH3 is 1. The van der Waals surface area contributed by atoms with Crippen LogP contribution in [0.15, 0.2) is 18.2 Å². The van der Waals surface area contributed by atoms with Crippen LogP contribution in [0.5, 0.6) is 5.75 Å². The molecule has 0 unspecified atom stereocenters. The minimum absolute atomic E-state index is 0.428. The molecule has 5 heteroatoms. The van der Waals surface area contributed by atoms with Crippen LogP contribution < -0.4 is 10.5 Å². The number of nitrogen functional groups attached to an aromatic ring is 1. The summed E-state index contributed by atoms with van der Waals surface area (Å²) in [5.74, 6) is 1.79. The Balaban J connectivity index is 2.69. The molecule has 2 N–H and O–H groups in total. The van der Waals surface area contributed by atoms with Gasteiger partial charge in [-0.05, 0) is 31.5 Å². The fourth-order valence-corrected chi connectivity index (χ4v) is 2.19. The van der Waals surface area contributed by atoms with Crippen LogP contribution in [-0.2, 0) is 0 Å². The van der Waals surface area contributed by atoms with Crippen molar-refractivity contribution in [1.29, 1.82) is 0 Å². The zero-order chi connectivity index (χ0) is 13.3. The van der Waals surface area contributed by atoms with Crippen molar-refractivity contribution in [3.8, 4) is 17.0 Å². The maximum absolute atomic E-state index is 6.08. The molecule has 0 saturated carbocycles. The van der Waals surface area contributed by atoms with E-state index in [0.29, 0.717) is 22.4 Å². The summed E-state index contributed by atoms with van der Waals surface area (Å²) in [4.78, 5) is 8.42. The Bertz CT molecular complexity index is 579. The first-order chi connectivity index (χ1) is 8.51. The Morgan fingerprint density at radius 3 is 2.50 bits per heavy atom. The second-order valence-corrected chi connectivity index (χ2v) is 4.47. The van der Waals surface area contributed by atoms with Crippen molar-refractivity contribution in [1.82, 2.24) is 9.97 Å². The van der Waals surface area contributed by atoms with E-state index in [1.54, 1.807) is 20.1 Å². The number of benzene rings is 1. The number of rotatable bonds is 2. The molecular weight excluding hydrogens is 250 g/mol. The number of aromatic nitrogens is 2. The summed E-state index contributed by atoms with van der Waals surface area (Å²) in [5, 5.41) is 0.637. The molecule has 0 bridgehead atoms. The number of halogens is 1. The van der Waals surface area contributed by atoms with E-state index in [0.717, 1.165) is 16.9 Å². The monoisotopic (exact) mass is 263 g/mol. The van der Waals surface area contributed by atoms with Crippen LogP contribution in [0.1, 0.15) is 11.4 Å². The summed E-state index contributed by atoms with van der Waals surface area (Å²) in [5.41, 5.74) is 8.22. The minimum Gasteiger partial charge on any atom is -0.496 e. The summed E-state index contributed by atoms with van der Waals surface area (Å²) in [6.07, 6.45) is 0. The van der Waals surface area contributed by atoms with E-state index in [-0.39, 0.29) is 0 Å². The standard InChI is InChI=1S/C13H14ClN3O/c1-7-4-9(14)5-10(13(7)18-3)11-6-12(15)17-8(2)16-11/h4-6H,1-3H3,(H2,15,16,17). The lowest BCUT2D eigenvalue weighted by atomic mass is 10.1. The first-order valence-electron chi connectivity index (χ1n) is 5.47. The van der Waals surface area contributed by atoms with E-state index in [2.05, 4.69) is 9.97 Å². The molecule has 0 radical (unpaired) electrons. The molecule has 1 heterocycles. The highest BCUT2D eigenvalue weighted by Crippen LogP contribution is 2.35. The smallest absolute Gasteiger partial charge is 0.131 e. The van der Waals surface area contributed by atoms with Gasteiger partial charge in [0, 0.05) is 16.7 Å². The van der Waals surface area contributed by atoms with Crippen LogP contribution in [0.25, 0.3) is 11.3 Å². The molecule has 0 fully saturated rings. The molecule has 0 aliphatic rings. The third kappa shape index (κ3) is 2.38. The van der Waals surface area contributed by atoms with Crippen LogP contribution in [-0.4, -0.2) is 17.1 Å². The van der Waals surface area contributed by atoms with Crippen LogP contribution in [0.2, 0.25) is 5.02 Å². The molecule has 0 aliphatic carbocycles. The average Bonchev–Trinajstić information content (AvgIpc) is 2.26. The SMILES string of the molecule is COc1c(C)cc(Cl)cc1-c1cc(N)nc(C)n1. The molecule has 1 aromatic carbocycles. The third-order valence-electron chi connectivity index (χ3n) is 2.58. The van der Waals surface area contributed by atoms with E-state index in [1.807, 2.05) is 19.1 Å². The Morgan fingerprint density at radius 2 is 1.89 bits per heavy atom. The zero-order valence-corrected chi connectivity index (χ0v) is 11.2. The van der Waals surface area contributed by atoms with Gasteiger partial charge in [-0.15, -0.1) is 0 Å². The van der Waals surface area contributed by atoms with Crippen molar-refractivity contribution in [3.63, 3.8) is 0 Å². The summed E-state index contributed by atoms with van der Waals surface area (Å²) < 4.78 is 5.41. The largest absolute Gasteiger partial charge is 0.496 e. The topological polar surface area (TPSA) is 61.0 Å². The fourth-order valence-electron chi connectivity index (χ4n) is 1.92. The quantitative estimate of drug-likeness (QED) is 0.905. The highest BCUT2D eigenvalue weighted by molar-refractivity contribution is 6.31. The predicted molar refractivity (Wildman–Crippen MR) is 72.9 cm³/mol. The van der Waals surface area contributed by atoms with E-state index in [1.165, 1.54) is 0 Å². The molecule has 2 aromatic rings. The molecule has 0 saturated heterocycles. The Morgan fingerprint density at radius 1 is 1.17 bits per heavy atom. The van der Waals surface area contributed by atoms with Crippen molar-refractivity contribution in [2.75, 3.05) is 12.8 Å². The highest BCUT2D eigenvalue weighted by atomic mass is 35.5. The van der Waals surface area contributed by atoms with Crippen molar-refractivity contribution in [3.05, 3.63) is 34.6 Å². The number of hydrogen-bond acceptors (Lipinski definition) is 4. The van der Waals surface area contributed by atoms with Crippen molar-refractivity contribution in [2.24, 2.45) is 0 Å². The molecule has 0 spiro atoms. The number of nitrogens with zero attached hydrogens (tertiary/aromatic N) is 2. The van der Waals surface area contributed by atoms with Gasteiger partial charge in [-0.2, -0.15) is 0 Å². The van der Waals surface area contributed by atoms with Gasteiger partial charge in [-0.25, -0.2) is 9.97 Å². The van der Waals surface area contributed by atoms with Gasteiger partial charge in [0.1, 0.15) is 17.4 Å². The molecule has 0 amide bonds.